The second kappa shape index (κ2) is 3.03. The van der Waals surface area contributed by atoms with Crippen molar-refractivity contribution in [1.29, 1.82) is 0 Å². The summed E-state index contributed by atoms with van der Waals surface area (Å²) in [7, 11) is 0. The van der Waals surface area contributed by atoms with Gasteiger partial charge in [0.1, 0.15) is 0 Å². The number of halogens is 1. The molecule has 1 atom stereocenters. The highest BCUT2D eigenvalue weighted by molar-refractivity contribution is 6.24. The molecule has 1 rings (SSSR count). The Morgan fingerprint density at radius 2 is 2.00 bits per heavy atom. The predicted molar refractivity (Wildman–Crippen MR) is 55.2 cm³/mol. The van der Waals surface area contributed by atoms with Crippen molar-refractivity contribution in [2.24, 2.45) is 11.1 Å². The number of rotatable bonds is 0. The smallest absolute Gasteiger partial charge is 0.257 e. The van der Waals surface area contributed by atoms with Crippen molar-refractivity contribution in [1.82, 2.24) is 0 Å². The lowest BCUT2D eigenvalue weighted by molar-refractivity contribution is 0.132. The fourth-order valence-corrected chi connectivity index (χ4v) is 1.10. The lowest BCUT2D eigenvalue weighted by Gasteiger charge is -2.31. The molecule has 0 aromatic carbocycles. The number of allylic oxidation sites excluding steroid dienone is 2. The predicted octanol–water partition coefficient (Wildman–Crippen LogP) is 2.74. The minimum Gasteiger partial charge on any atom is -0.462 e. The first kappa shape index (κ1) is 10.6. The van der Waals surface area contributed by atoms with Gasteiger partial charge in [-0.15, -0.1) is 0 Å². The van der Waals surface area contributed by atoms with E-state index in [4.69, 9.17) is 22.1 Å². The molecule has 3 heteroatoms. The van der Waals surface area contributed by atoms with Gasteiger partial charge in [0.25, 0.3) is 5.18 Å². The first-order valence-electron chi connectivity index (χ1n) is 4.28. The third-order valence-electron chi connectivity index (χ3n) is 2.13. The summed E-state index contributed by atoms with van der Waals surface area (Å²) >= 11 is 5.88. The van der Waals surface area contributed by atoms with Crippen molar-refractivity contribution in [3.63, 3.8) is 0 Å². The zero-order valence-electron chi connectivity index (χ0n) is 8.52. The Bertz CT molecular complexity index is 271. The molecule has 1 aliphatic rings. The van der Waals surface area contributed by atoms with Crippen molar-refractivity contribution < 1.29 is 4.74 Å². The highest BCUT2D eigenvalue weighted by Gasteiger charge is 2.30. The minimum atomic E-state index is -1.16. The maximum Gasteiger partial charge on any atom is 0.257 e. The van der Waals surface area contributed by atoms with E-state index in [1.54, 1.807) is 6.26 Å². The summed E-state index contributed by atoms with van der Waals surface area (Å²) in [4.78, 5) is 0. The monoisotopic (exact) mass is 201 g/mol. The molecule has 13 heavy (non-hydrogen) atoms. The van der Waals surface area contributed by atoms with Crippen LogP contribution in [-0.2, 0) is 4.74 Å². The molecule has 2 N–H and O–H groups in total. The summed E-state index contributed by atoms with van der Waals surface area (Å²) in [6, 6.07) is 0. The number of alkyl halides is 1. The summed E-state index contributed by atoms with van der Waals surface area (Å²) in [5.74, 6) is 0. The molecule has 0 saturated heterocycles. The molecule has 1 heterocycles. The number of ether oxygens (including phenoxy) is 1. The van der Waals surface area contributed by atoms with Crippen molar-refractivity contribution in [2.75, 3.05) is 0 Å². The van der Waals surface area contributed by atoms with Crippen LogP contribution in [-0.4, -0.2) is 5.18 Å². The SMILES string of the molecule is CC1=CC(C(C)(C)C)=COC1(N)Cl. The molecule has 1 aliphatic heterocycles. The summed E-state index contributed by atoms with van der Waals surface area (Å²) in [5.41, 5.74) is 7.66. The van der Waals surface area contributed by atoms with Crippen molar-refractivity contribution in [2.45, 2.75) is 32.9 Å². The first-order chi connectivity index (χ1) is 5.73. The molecular weight excluding hydrogens is 186 g/mol. The van der Waals surface area contributed by atoms with Crippen LogP contribution >= 0.6 is 11.6 Å². The number of hydrogen-bond donors (Lipinski definition) is 1. The Morgan fingerprint density at radius 3 is 2.38 bits per heavy atom. The maximum absolute atomic E-state index is 5.88. The van der Waals surface area contributed by atoms with E-state index in [0.29, 0.717) is 0 Å². The largest absolute Gasteiger partial charge is 0.462 e. The fraction of sp³-hybridized carbons (Fsp3) is 0.600. The number of hydrogen-bond acceptors (Lipinski definition) is 2. The van der Waals surface area contributed by atoms with Crippen LogP contribution in [0, 0.1) is 5.41 Å². The van der Waals surface area contributed by atoms with E-state index in [0.717, 1.165) is 11.1 Å². The third kappa shape index (κ3) is 2.26. The molecule has 0 aromatic rings. The fourth-order valence-electron chi connectivity index (χ4n) is 1.00. The van der Waals surface area contributed by atoms with Crippen LogP contribution in [0.5, 0.6) is 0 Å². The van der Waals surface area contributed by atoms with E-state index >= 15 is 0 Å². The second-order valence-electron chi connectivity index (χ2n) is 4.41. The van der Waals surface area contributed by atoms with E-state index in [1.807, 2.05) is 13.0 Å². The van der Waals surface area contributed by atoms with Gasteiger partial charge < -0.3 is 4.74 Å². The quantitative estimate of drug-likeness (QED) is 0.483. The lowest BCUT2D eigenvalue weighted by Crippen LogP contribution is -2.38. The second-order valence-corrected chi connectivity index (χ2v) is 4.97. The van der Waals surface area contributed by atoms with Gasteiger partial charge in [-0.1, -0.05) is 32.4 Å². The van der Waals surface area contributed by atoms with Gasteiger partial charge in [0.05, 0.1) is 6.26 Å². The molecule has 0 aromatic heterocycles. The molecule has 2 nitrogen and oxygen atoms in total. The Kier molecular flexibility index (Phi) is 2.48. The summed E-state index contributed by atoms with van der Waals surface area (Å²) in [5, 5.41) is -1.16. The molecule has 0 amide bonds. The molecule has 74 valence electrons. The van der Waals surface area contributed by atoms with Gasteiger partial charge in [0.15, 0.2) is 0 Å². The molecule has 0 radical (unpaired) electrons. The van der Waals surface area contributed by atoms with Crippen LogP contribution < -0.4 is 5.73 Å². The third-order valence-corrected chi connectivity index (χ3v) is 2.52. The van der Waals surface area contributed by atoms with Gasteiger partial charge >= 0.3 is 0 Å². The van der Waals surface area contributed by atoms with Gasteiger partial charge in [-0.3, -0.25) is 5.73 Å². The molecule has 0 aliphatic carbocycles. The zero-order valence-corrected chi connectivity index (χ0v) is 9.27. The average Bonchev–Trinajstić information content (AvgIpc) is 1.92. The maximum atomic E-state index is 5.88. The number of nitrogens with two attached hydrogens (primary N) is 1. The Hall–Kier alpha value is -0.470. The van der Waals surface area contributed by atoms with Crippen LogP contribution in [0.4, 0.5) is 0 Å². The standard InChI is InChI=1S/C10H16ClNO/c1-7-5-8(9(2,3)4)6-13-10(7,11)12/h5-6H,12H2,1-4H3. The average molecular weight is 202 g/mol. The van der Waals surface area contributed by atoms with Gasteiger partial charge in [-0.25, -0.2) is 0 Å². The summed E-state index contributed by atoms with van der Waals surface area (Å²) < 4.78 is 5.23. The Balaban J connectivity index is 2.95. The topological polar surface area (TPSA) is 35.2 Å². The normalized spacial score (nSPS) is 29.1. The zero-order chi connectivity index (χ0) is 10.3. The van der Waals surface area contributed by atoms with E-state index in [1.165, 1.54) is 0 Å². The van der Waals surface area contributed by atoms with Gasteiger partial charge in [-0.05, 0) is 24.0 Å². The Labute approximate surface area is 84.4 Å². The van der Waals surface area contributed by atoms with Crippen LogP contribution in [0.25, 0.3) is 0 Å². The Morgan fingerprint density at radius 1 is 1.46 bits per heavy atom. The highest BCUT2D eigenvalue weighted by Crippen LogP contribution is 2.34. The summed E-state index contributed by atoms with van der Waals surface area (Å²) in [6.45, 7) is 8.21. The van der Waals surface area contributed by atoms with E-state index < -0.39 is 5.18 Å². The molecule has 0 fully saturated rings. The van der Waals surface area contributed by atoms with Gasteiger partial charge in [0, 0.05) is 5.57 Å². The lowest BCUT2D eigenvalue weighted by atomic mass is 9.85. The molecule has 0 bridgehead atoms. The van der Waals surface area contributed by atoms with E-state index in [9.17, 15) is 0 Å². The molecule has 1 unspecified atom stereocenters. The van der Waals surface area contributed by atoms with E-state index in [-0.39, 0.29) is 5.41 Å². The van der Waals surface area contributed by atoms with Gasteiger partial charge in [0.2, 0.25) is 0 Å². The van der Waals surface area contributed by atoms with Crippen LogP contribution in [0.15, 0.2) is 23.5 Å². The van der Waals surface area contributed by atoms with Crippen LogP contribution in [0.3, 0.4) is 0 Å². The van der Waals surface area contributed by atoms with Gasteiger partial charge in [-0.2, -0.15) is 0 Å². The highest BCUT2D eigenvalue weighted by atomic mass is 35.5. The van der Waals surface area contributed by atoms with Crippen LogP contribution in [0.2, 0.25) is 0 Å². The summed E-state index contributed by atoms with van der Waals surface area (Å²) in [6.07, 6.45) is 3.62. The van der Waals surface area contributed by atoms with E-state index in [2.05, 4.69) is 20.8 Å². The van der Waals surface area contributed by atoms with Crippen molar-refractivity contribution >= 4 is 11.6 Å². The van der Waals surface area contributed by atoms with Crippen LogP contribution in [0.1, 0.15) is 27.7 Å². The first-order valence-corrected chi connectivity index (χ1v) is 4.66. The van der Waals surface area contributed by atoms with Crippen molar-refractivity contribution in [3.8, 4) is 0 Å². The molecule has 0 spiro atoms. The molecular formula is C10H16ClNO. The molecule has 0 saturated carbocycles. The van der Waals surface area contributed by atoms with Crippen molar-refractivity contribution in [3.05, 3.63) is 23.5 Å². The minimum absolute atomic E-state index is 0.0641.